The van der Waals surface area contributed by atoms with Gasteiger partial charge in [0.05, 0.1) is 23.8 Å². The molecule has 7 nitrogen and oxygen atoms in total. The highest BCUT2D eigenvalue weighted by atomic mass is 32.1. The van der Waals surface area contributed by atoms with Gasteiger partial charge in [-0.15, -0.1) is 0 Å². The number of rotatable bonds is 5. The maximum atomic E-state index is 10.8. The summed E-state index contributed by atoms with van der Waals surface area (Å²) in [4.78, 5) is 19.7. The molecule has 0 bridgehead atoms. The Morgan fingerprint density at radius 3 is 2.50 bits per heavy atom. The van der Waals surface area contributed by atoms with Gasteiger partial charge in [0, 0.05) is 17.7 Å². The standard InChI is InChI=1S/C16H14N4O3S/c21-11-10-17-16-18-15(12-4-2-1-3-5-12)19(24-16)13-6-8-14(9-7-13)20(22)23/h1-9,21H,10-11H2/b17-16-. The van der Waals surface area contributed by atoms with E-state index < -0.39 is 4.92 Å². The summed E-state index contributed by atoms with van der Waals surface area (Å²) in [6.07, 6.45) is 0. The number of nitro benzene ring substituents is 1. The SMILES string of the molecule is O=[N+]([O-])c1ccc(-n2s/c(=N\CCO)nc2-c2ccccc2)cc1. The third-order valence-corrected chi connectivity index (χ3v) is 4.19. The van der Waals surface area contributed by atoms with Crippen LogP contribution in [-0.4, -0.2) is 32.1 Å². The molecule has 1 N–H and O–H groups in total. The Hall–Kier alpha value is -2.84. The van der Waals surface area contributed by atoms with Crippen LogP contribution in [0.25, 0.3) is 17.1 Å². The minimum atomic E-state index is -0.429. The predicted octanol–water partition coefficient (Wildman–Crippen LogP) is 2.40. The number of nitro groups is 1. The van der Waals surface area contributed by atoms with Gasteiger partial charge in [0.2, 0.25) is 4.80 Å². The molecule has 24 heavy (non-hydrogen) atoms. The number of hydrogen-bond donors (Lipinski definition) is 1. The number of aromatic nitrogens is 2. The lowest BCUT2D eigenvalue weighted by Crippen LogP contribution is -2.01. The van der Waals surface area contributed by atoms with E-state index in [2.05, 4.69) is 9.98 Å². The smallest absolute Gasteiger partial charge is 0.269 e. The fourth-order valence-electron chi connectivity index (χ4n) is 2.14. The van der Waals surface area contributed by atoms with Crippen molar-refractivity contribution in [2.24, 2.45) is 4.99 Å². The quantitative estimate of drug-likeness (QED) is 0.569. The summed E-state index contributed by atoms with van der Waals surface area (Å²) in [6, 6.07) is 15.9. The summed E-state index contributed by atoms with van der Waals surface area (Å²) in [5.74, 6) is 0.700. The maximum absolute atomic E-state index is 10.8. The average Bonchev–Trinajstić information content (AvgIpc) is 3.05. The van der Waals surface area contributed by atoms with E-state index in [1.807, 2.05) is 34.3 Å². The van der Waals surface area contributed by atoms with Gasteiger partial charge >= 0.3 is 0 Å². The van der Waals surface area contributed by atoms with Crippen molar-refractivity contribution in [1.29, 1.82) is 0 Å². The van der Waals surface area contributed by atoms with Gasteiger partial charge in [0.1, 0.15) is 0 Å². The second-order valence-electron chi connectivity index (χ2n) is 4.85. The van der Waals surface area contributed by atoms with Crippen LogP contribution in [0.3, 0.4) is 0 Å². The van der Waals surface area contributed by atoms with Crippen molar-refractivity contribution in [3.63, 3.8) is 0 Å². The number of nitrogens with zero attached hydrogens (tertiary/aromatic N) is 4. The van der Waals surface area contributed by atoms with E-state index in [1.165, 1.54) is 23.7 Å². The molecule has 0 aliphatic carbocycles. The molecule has 0 fully saturated rings. The number of hydrogen-bond acceptors (Lipinski definition) is 6. The van der Waals surface area contributed by atoms with Crippen LogP contribution in [0.2, 0.25) is 0 Å². The molecule has 3 aromatic rings. The molecule has 0 aliphatic heterocycles. The van der Waals surface area contributed by atoms with Crippen LogP contribution in [0.4, 0.5) is 5.69 Å². The highest BCUT2D eigenvalue weighted by Crippen LogP contribution is 2.23. The lowest BCUT2D eigenvalue weighted by atomic mass is 10.2. The Labute approximate surface area is 141 Å². The van der Waals surface area contributed by atoms with E-state index in [0.717, 1.165) is 11.3 Å². The molecule has 3 rings (SSSR count). The first kappa shape index (κ1) is 16.0. The van der Waals surface area contributed by atoms with Crippen LogP contribution in [0.15, 0.2) is 59.6 Å². The zero-order valence-electron chi connectivity index (χ0n) is 12.6. The molecule has 0 radical (unpaired) electrons. The largest absolute Gasteiger partial charge is 0.394 e. The van der Waals surface area contributed by atoms with E-state index in [9.17, 15) is 10.1 Å². The molecule has 0 unspecified atom stereocenters. The van der Waals surface area contributed by atoms with Gasteiger partial charge in [-0.3, -0.25) is 15.1 Å². The molecule has 1 heterocycles. The molecule has 0 atom stereocenters. The van der Waals surface area contributed by atoms with E-state index in [-0.39, 0.29) is 18.8 Å². The van der Waals surface area contributed by atoms with Gasteiger partial charge in [-0.25, -0.2) is 3.96 Å². The van der Waals surface area contributed by atoms with Crippen molar-refractivity contribution in [2.45, 2.75) is 0 Å². The van der Waals surface area contributed by atoms with Crippen LogP contribution in [-0.2, 0) is 0 Å². The van der Waals surface area contributed by atoms with E-state index >= 15 is 0 Å². The van der Waals surface area contributed by atoms with E-state index in [0.29, 0.717) is 10.6 Å². The number of benzene rings is 2. The Balaban J connectivity index is 2.11. The number of aliphatic hydroxyl groups excluding tert-OH is 1. The monoisotopic (exact) mass is 342 g/mol. The molecule has 1 aromatic heterocycles. The number of non-ortho nitro benzene ring substituents is 1. The molecule has 0 spiro atoms. The zero-order chi connectivity index (χ0) is 16.9. The normalized spacial score (nSPS) is 11.6. The molecule has 8 heteroatoms. The summed E-state index contributed by atoms with van der Waals surface area (Å²) in [6.45, 7) is 0.236. The Bertz CT molecular complexity index is 901. The third-order valence-electron chi connectivity index (χ3n) is 3.24. The minimum absolute atomic E-state index is 0.0373. The predicted molar refractivity (Wildman–Crippen MR) is 91.0 cm³/mol. The van der Waals surface area contributed by atoms with E-state index in [1.54, 1.807) is 12.1 Å². The van der Waals surface area contributed by atoms with Crippen molar-refractivity contribution in [2.75, 3.05) is 13.2 Å². The number of aliphatic hydroxyl groups is 1. The van der Waals surface area contributed by atoms with E-state index in [4.69, 9.17) is 5.11 Å². The molecule has 122 valence electrons. The van der Waals surface area contributed by atoms with Crippen LogP contribution in [0.1, 0.15) is 0 Å². The molecule has 2 aromatic carbocycles. The lowest BCUT2D eigenvalue weighted by molar-refractivity contribution is -0.384. The van der Waals surface area contributed by atoms with Gasteiger partial charge in [-0.05, 0) is 23.7 Å². The Morgan fingerprint density at radius 1 is 1.17 bits per heavy atom. The summed E-state index contributed by atoms with van der Waals surface area (Å²) in [7, 11) is 0. The van der Waals surface area contributed by atoms with Gasteiger partial charge < -0.3 is 5.11 Å². The topological polar surface area (TPSA) is 93.5 Å². The first-order valence-electron chi connectivity index (χ1n) is 7.21. The molecule has 0 amide bonds. The Kier molecular flexibility index (Phi) is 4.78. The second-order valence-corrected chi connectivity index (χ2v) is 5.76. The third kappa shape index (κ3) is 3.39. The summed E-state index contributed by atoms with van der Waals surface area (Å²) in [5, 5.41) is 19.7. The molecule has 0 aliphatic rings. The van der Waals surface area contributed by atoms with Crippen LogP contribution >= 0.6 is 11.5 Å². The fraction of sp³-hybridized carbons (Fsp3) is 0.125. The second kappa shape index (κ2) is 7.16. The van der Waals surface area contributed by atoms with Crippen molar-refractivity contribution in [3.8, 4) is 17.1 Å². The van der Waals surface area contributed by atoms with Gasteiger partial charge in [0.15, 0.2) is 5.82 Å². The molecule has 0 saturated carbocycles. The van der Waals surface area contributed by atoms with Crippen molar-refractivity contribution >= 4 is 17.2 Å². The minimum Gasteiger partial charge on any atom is -0.394 e. The van der Waals surface area contributed by atoms with Gasteiger partial charge in [-0.1, -0.05) is 30.3 Å². The highest BCUT2D eigenvalue weighted by Gasteiger charge is 2.12. The summed E-state index contributed by atoms with van der Waals surface area (Å²) >= 11 is 1.32. The maximum Gasteiger partial charge on any atom is 0.269 e. The van der Waals surface area contributed by atoms with Crippen molar-refractivity contribution < 1.29 is 10.0 Å². The van der Waals surface area contributed by atoms with Crippen molar-refractivity contribution in [3.05, 3.63) is 69.5 Å². The zero-order valence-corrected chi connectivity index (χ0v) is 13.4. The van der Waals surface area contributed by atoms with Crippen molar-refractivity contribution in [1.82, 2.24) is 8.94 Å². The lowest BCUT2D eigenvalue weighted by Gasteiger charge is -2.06. The average molecular weight is 342 g/mol. The van der Waals surface area contributed by atoms with Crippen LogP contribution < -0.4 is 4.80 Å². The fourth-order valence-corrected chi connectivity index (χ4v) is 3.04. The van der Waals surface area contributed by atoms with Gasteiger partial charge in [0.25, 0.3) is 5.69 Å². The molecular formula is C16H14N4O3S. The Morgan fingerprint density at radius 2 is 1.88 bits per heavy atom. The molecular weight excluding hydrogens is 328 g/mol. The van der Waals surface area contributed by atoms with Gasteiger partial charge in [-0.2, -0.15) is 4.98 Å². The van der Waals surface area contributed by atoms with Crippen LogP contribution in [0.5, 0.6) is 0 Å². The van der Waals surface area contributed by atoms with Crippen LogP contribution in [0, 0.1) is 10.1 Å². The first-order valence-corrected chi connectivity index (χ1v) is 7.98. The first-order chi connectivity index (χ1) is 11.7. The molecule has 0 saturated heterocycles. The summed E-state index contributed by atoms with van der Waals surface area (Å²) in [5.41, 5.74) is 1.72. The summed E-state index contributed by atoms with van der Waals surface area (Å²) < 4.78 is 1.87. The highest BCUT2D eigenvalue weighted by molar-refractivity contribution is 7.04.